The Bertz CT molecular complexity index is 312. The highest BCUT2D eigenvalue weighted by Gasteiger charge is 2.00. The van der Waals surface area contributed by atoms with E-state index >= 15 is 0 Å². The van der Waals surface area contributed by atoms with Crippen LogP contribution >= 0.6 is 11.8 Å². The summed E-state index contributed by atoms with van der Waals surface area (Å²) in [6, 6.07) is 7.80. The third-order valence-electron chi connectivity index (χ3n) is 1.66. The summed E-state index contributed by atoms with van der Waals surface area (Å²) in [4.78, 5) is 1.11. The number of thioether (sulfide) groups is 1. The third-order valence-corrected chi connectivity index (χ3v) is 2.56. The summed E-state index contributed by atoms with van der Waals surface area (Å²) in [5.74, 6) is 3.24. The van der Waals surface area contributed by atoms with E-state index in [1.807, 2.05) is 24.3 Å². The standard InChI is InChI=1S/C11H12OS/c1-3-7-13-11-6-4-5-10(8-11)9(2)12/h1,4-6,8-9,12H,7H2,2H3. The predicted molar refractivity (Wildman–Crippen MR) is 56.6 cm³/mol. The quantitative estimate of drug-likeness (QED) is 0.586. The van der Waals surface area contributed by atoms with Crippen LogP contribution in [0.25, 0.3) is 0 Å². The van der Waals surface area contributed by atoms with Gasteiger partial charge in [0.25, 0.3) is 0 Å². The average molecular weight is 192 g/mol. The Balaban J connectivity index is 2.75. The van der Waals surface area contributed by atoms with Crippen LogP contribution in [-0.2, 0) is 0 Å². The van der Waals surface area contributed by atoms with Crippen LogP contribution in [0, 0.1) is 12.3 Å². The number of terminal acetylenes is 1. The van der Waals surface area contributed by atoms with Crippen LogP contribution in [0.5, 0.6) is 0 Å². The van der Waals surface area contributed by atoms with E-state index in [0.717, 1.165) is 10.5 Å². The van der Waals surface area contributed by atoms with E-state index in [1.165, 1.54) is 0 Å². The molecular weight excluding hydrogens is 180 g/mol. The van der Waals surface area contributed by atoms with E-state index in [2.05, 4.69) is 5.92 Å². The fraction of sp³-hybridized carbons (Fsp3) is 0.273. The molecule has 1 nitrogen and oxygen atoms in total. The fourth-order valence-electron chi connectivity index (χ4n) is 0.989. The maximum Gasteiger partial charge on any atom is 0.0762 e. The van der Waals surface area contributed by atoms with Crippen LogP contribution in [0.15, 0.2) is 29.2 Å². The number of benzene rings is 1. The third kappa shape index (κ3) is 3.14. The van der Waals surface area contributed by atoms with Crippen LogP contribution in [0.4, 0.5) is 0 Å². The summed E-state index contributed by atoms with van der Waals surface area (Å²) in [6.07, 6.45) is 4.74. The lowest BCUT2D eigenvalue weighted by molar-refractivity contribution is 0.199. The smallest absolute Gasteiger partial charge is 0.0762 e. The van der Waals surface area contributed by atoms with E-state index in [1.54, 1.807) is 18.7 Å². The van der Waals surface area contributed by atoms with Crippen molar-refractivity contribution in [2.24, 2.45) is 0 Å². The van der Waals surface area contributed by atoms with Crippen molar-refractivity contribution in [1.29, 1.82) is 0 Å². The monoisotopic (exact) mass is 192 g/mol. The van der Waals surface area contributed by atoms with Gasteiger partial charge in [-0.05, 0) is 24.6 Å². The molecule has 68 valence electrons. The van der Waals surface area contributed by atoms with Gasteiger partial charge in [-0.2, -0.15) is 0 Å². The number of rotatable bonds is 3. The zero-order chi connectivity index (χ0) is 9.68. The zero-order valence-corrected chi connectivity index (χ0v) is 8.34. The Morgan fingerprint density at radius 3 is 3.00 bits per heavy atom. The van der Waals surface area contributed by atoms with Crippen molar-refractivity contribution in [3.63, 3.8) is 0 Å². The molecule has 1 aromatic rings. The minimum absolute atomic E-state index is 0.411. The van der Waals surface area contributed by atoms with Gasteiger partial charge < -0.3 is 5.11 Å². The van der Waals surface area contributed by atoms with E-state index in [0.29, 0.717) is 5.75 Å². The summed E-state index contributed by atoms with van der Waals surface area (Å²) in [6.45, 7) is 1.75. The molecule has 0 saturated carbocycles. The second kappa shape index (κ2) is 4.96. The molecule has 0 aliphatic heterocycles. The van der Waals surface area contributed by atoms with Crippen LogP contribution in [0.1, 0.15) is 18.6 Å². The molecular formula is C11H12OS. The highest BCUT2D eigenvalue weighted by Crippen LogP contribution is 2.21. The largest absolute Gasteiger partial charge is 0.389 e. The zero-order valence-electron chi connectivity index (χ0n) is 7.53. The van der Waals surface area contributed by atoms with Crippen molar-refractivity contribution in [3.05, 3.63) is 29.8 Å². The van der Waals surface area contributed by atoms with Crippen molar-refractivity contribution in [2.75, 3.05) is 5.75 Å². The van der Waals surface area contributed by atoms with Gasteiger partial charge in [-0.15, -0.1) is 18.2 Å². The minimum Gasteiger partial charge on any atom is -0.389 e. The molecule has 1 rings (SSSR count). The molecule has 0 radical (unpaired) electrons. The molecule has 0 heterocycles. The van der Waals surface area contributed by atoms with E-state index in [9.17, 15) is 5.11 Å². The Morgan fingerprint density at radius 1 is 1.62 bits per heavy atom. The van der Waals surface area contributed by atoms with Gasteiger partial charge in [0, 0.05) is 4.90 Å². The SMILES string of the molecule is C#CCSc1cccc(C(C)O)c1. The van der Waals surface area contributed by atoms with Gasteiger partial charge in [-0.3, -0.25) is 0 Å². The van der Waals surface area contributed by atoms with Gasteiger partial charge in [-0.25, -0.2) is 0 Å². The van der Waals surface area contributed by atoms with Crippen molar-refractivity contribution >= 4 is 11.8 Å². The van der Waals surface area contributed by atoms with Gasteiger partial charge in [-0.1, -0.05) is 18.1 Å². The first kappa shape index (κ1) is 10.2. The lowest BCUT2D eigenvalue weighted by Gasteiger charge is -2.05. The van der Waals surface area contributed by atoms with Crippen LogP contribution in [0.2, 0.25) is 0 Å². The van der Waals surface area contributed by atoms with E-state index in [-0.39, 0.29) is 0 Å². The maximum atomic E-state index is 9.32. The first-order valence-electron chi connectivity index (χ1n) is 4.08. The fourth-order valence-corrected chi connectivity index (χ4v) is 1.63. The molecule has 0 saturated heterocycles. The second-order valence-electron chi connectivity index (χ2n) is 2.74. The Labute approximate surface area is 83.2 Å². The molecule has 0 amide bonds. The number of hydrogen-bond donors (Lipinski definition) is 1. The Kier molecular flexibility index (Phi) is 3.88. The number of hydrogen-bond acceptors (Lipinski definition) is 2. The molecule has 0 aliphatic carbocycles. The predicted octanol–water partition coefficient (Wildman–Crippen LogP) is 2.47. The van der Waals surface area contributed by atoms with Crippen molar-refractivity contribution in [2.45, 2.75) is 17.9 Å². The first-order valence-corrected chi connectivity index (χ1v) is 5.07. The van der Waals surface area contributed by atoms with Gasteiger partial charge in [0.1, 0.15) is 0 Å². The van der Waals surface area contributed by atoms with E-state index in [4.69, 9.17) is 6.42 Å². The van der Waals surface area contributed by atoms with Crippen molar-refractivity contribution in [1.82, 2.24) is 0 Å². The summed E-state index contributed by atoms with van der Waals surface area (Å²) >= 11 is 1.60. The highest BCUT2D eigenvalue weighted by molar-refractivity contribution is 7.99. The summed E-state index contributed by atoms with van der Waals surface area (Å²) in [5, 5.41) is 9.32. The second-order valence-corrected chi connectivity index (χ2v) is 3.79. The van der Waals surface area contributed by atoms with Gasteiger partial charge in [0.2, 0.25) is 0 Å². The molecule has 1 N–H and O–H groups in total. The summed E-state index contributed by atoms with van der Waals surface area (Å²) < 4.78 is 0. The highest BCUT2D eigenvalue weighted by atomic mass is 32.2. The molecule has 0 aromatic heterocycles. The Hall–Kier alpha value is -0.910. The molecule has 2 heteroatoms. The topological polar surface area (TPSA) is 20.2 Å². The van der Waals surface area contributed by atoms with Gasteiger partial charge in [0.15, 0.2) is 0 Å². The van der Waals surface area contributed by atoms with E-state index < -0.39 is 6.10 Å². The van der Waals surface area contributed by atoms with Gasteiger partial charge >= 0.3 is 0 Å². The average Bonchev–Trinajstić information content (AvgIpc) is 2.15. The molecule has 0 aliphatic rings. The molecule has 0 bridgehead atoms. The lowest BCUT2D eigenvalue weighted by atomic mass is 10.1. The van der Waals surface area contributed by atoms with Crippen molar-refractivity contribution in [3.8, 4) is 12.3 Å². The van der Waals surface area contributed by atoms with Crippen LogP contribution in [-0.4, -0.2) is 10.9 Å². The normalized spacial score (nSPS) is 12.1. The molecule has 0 fully saturated rings. The van der Waals surface area contributed by atoms with Crippen LogP contribution < -0.4 is 0 Å². The summed E-state index contributed by atoms with van der Waals surface area (Å²) in [7, 11) is 0. The number of aliphatic hydroxyl groups excluding tert-OH is 1. The first-order chi connectivity index (χ1) is 6.24. The number of aliphatic hydroxyl groups is 1. The molecule has 0 spiro atoms. The molecule has 1 aromatic carbocycles. The molecule has 1 unspecified atom stereocenters. The molecule has 1 atom stereocenters. The van der Waals surface area contributed by atoms with Gasteiger partial charge in [0.05, 0.1) is 11.9 Å². The maximum absolute atomic E-state index is 9.32. The minimum atomic E-state index is -0.411. The lowest BCUT2D eigenvalue weighted by Crippen LogP contribution is -1.90. The molecule has 13 heavy (non-hydrogen) atoms. The Morgan fingerprint density at radius 2 is 2.38 bits per heavy atom. The van der Waals surface area contributed by atoms with Crippen LogP contribution in [0.3, 0.4) is 0 Å². The summed E-state index contributed by atoms with van der Waals surface area (Å²) in [5.41, 5.74) is 0.932. The van der Waals surface area contributed by atoms with Crippen molar-refractivity contribution < 1.29 is 5.11 Å².